The SMILES string of the molecule is O=C(C1CCCCC1)N(Cc1ccccc1)c1ccccc1C#Cc1ccccc1. The van der Waals surface area contributed by atoms with Crippen molar-refractivity contribution < 1.29 is 4.79 Å². The summed E-state index contributed by atoms with van der Waals surface area (Å²) in [5.41, 5.74) is 3.90. The molecule has 0 spiro atoms. The summed E-state index contributed by atoms with van der Waals surface area (Å²) in [7, 11) is 0. The summed E-state index contributed by atoms with van der Waals surface area (Å²) in [6.07, 6.45) is 5.50. The highest BCUT2D eigenvalue weighted by Gasteiger charge is 2.28. The van der Waals surface area contributed by atoms with Gasteiger partial charge in [0.1, 0.15) is 0 Å². The van der Waals surface area contributed by atoms with Crippen molar-refractivity contribution in [3.05, 3.63) is 102 Å². The third-order valence-corrected chi connectivity index (χ3v) is 5.71. The van der Waals surface area contributed by atoms with Crippen molar-refractivity contribution in [3.8, 4) is 11.8 Å². The fourth-order valence-electron chi connectivity index (χ4n) is 4.09. The third kappa shape index (κ3) is 4.99. The lowest BCUT2D eigenvalue weighted by Crippen LogP contribution is -2.37. The predicted octanol–water partition coefficient (Wildman–Crippen LogP) is 6.20. The molecule has 1 saturated carbocycles. The smallest absolute Gasteiger partial charge is 0.230 e. The minimum absolute atomic E-state index is 0.109. The lowest BCUT2D eigenvalue weighted by atomic mass is 9.88. The molecule has 30 heavy (non-hydrogen) atoms. The van der Waals surface area contributed by atoms with Crippen LogP contribution in [0.4, 0.5) is 5.69 Å². The zero-order valence-corrected chi connectivity index (χ0v) is 17.3. The van der Waals surface area contributed by atoms with E-state index in [0.29, 0.717) is 6.54 Å². The van der Waals surface area contributed by atoms with Gasteiger partial charge >= 0.3 is 0 Å². The molecule has 4 rings (SSSR count). The van der Waals surface area contributed by atoms with Gasteiger partial charge in [-0.3, -0.25) is 4.79 Å². The Morgan fingerprint density at radius 1 is 0.767 bits per heavy atom. The number of carbonyl (C=O) groups is 1. The molecule has 1 aliphatic rings. The first-order valence-electron chi connectivity index (χ1n) is 10.8. The van der Waals surface area contributed by atoms with Crippen molar-refractivity contribution in [1.82, 2.24) is 0 Å². The molecule has 2 heteroatoms. The van der Waals surface area contributed by atoms with Crippen molar-refractivity contribution in [3.63, 3.8) is 0 Å². The van der Waals surface area contributed by atoms with Gasteiger partial charge in [0.2, 0.25) is 5.91 Å². The number of benzene rings is 3. The Morgan fingerprint density at radius 3 is 2.13 bits per heavy atom. The molecule has 0 radical (unpaired) electrons. The molecule has 1 fully saturated rings. The second-order valence-electron chi connectivity index (χ2n) is 7.88. The van der Waals surface area contributed by atoms with E-state index in [1.165, 1.54) is 6.42 Å². The normalized spacial score (nSPS) is 13.9. The van der Waals surface area contributed by atoms with E-state index in [1.54, 1.807) is 0 Å². The molecule has 0 atom stereocenters. The number of hydrogen-bond donors (Lipinski definition) is 0. The Kier molecular flexibility index (Phi) is 6.62. The lowest BCUT2D eigenvalue weighted by Gasteiger charge is -2.30. The molecular weight excluding hydrogens is 366 g/mol. The molecule has 0 unspecified atom stereocenters. The maximum absolute atomic E-state index is 13.6. The van der Waals surface area contributed by atoms with Crippen molar-refractivity contribution in [2.75, 3.05) is 4.90 Å². The molecule has 0 bridgehead atoms. The van der Waals surface area contributed by atoms with Gasteiger partial charge in [-0.15, -0.1) is 0 Å². The number of carbonyl (C=O) groups excluding carboxylic acids is 1. The number of para-hydroxylation sites is 1. The standard InChI is InChI=1S/C28H27NO/c30-28(26-17-8-3-9-18-26)29(22-24-14-6-2-7-15-24)27-19-11-10-16-25(27)21-20-23-12-4-1-5-13-23/h1-2,4-7,10-16,19,26H,3,8-9,17-18,22H2. The minimum atomic E-state index is 0.109. The summed E-state index contributed by atoms with van der Waals surface area (Å²) in [6, 6.07) is 28.2. The monoisotopic (exact) mass is 393 g/mol. The van der Waals surface area contributed by atoms with Crippen LogP contribution in [0.25, 0.3) is 0 Å². The molecule has 0 heterocycles. The average molecular weight is 394 g/mol. The van der Waals surface area contributed by atoms with Crippen LogP contribution in [0, 0.1) is 17.8 Å². The minimum Gasteiger partial charge on any atom is -0.307 e. The molecule has 2 nitrogen and oxygen atoms in total. The zero-order valence-electron chi connectivity index (χ0n) is 17.3. The highest BCUT2D eigenvalue weighted by Crippen LogP contribution is 2.30. The average Bonchev–Trinajstić information content (AvgIpc) is 2.83. The summed E-state index contributed by atoms with van der Waals surface area (Å²) in [4.78, 5) is 15.6. The summed E-state index contributed by atoms with van der Waals surface area (Å²) in [6.45, 7) is 0.570. The predicted molar refractivity (Wildman–Crippen MR) is 123 cm³/mol. The van der Waals surface area contributed by atoms with E-state index in [-0.39, 0.29) is 11.8 Å². The third-order valence-electron chi connectivity index (χ3n) is 5.71. The van der Waals surface area contributed by atoms with Crippen LogP contribution in [0.15, 0.2) is 84.9 Å². The molecule has 150 valence electrons. The zero-order chi connectivity index (χ0) is 20.6. The van der Waals surface area contributed by atoms with Gasteiger partial charge < -0.3 is 4.90 Å². The Bertz CT molecular complexity index is 1020. The molecule has 0 aromatic heterocycles. The fraction of sp³-hybridized carbons (Fsp3) is 0.250. The van der Waals surface area contributed by atoms with Crippen LogP contribution >= 0.6 is 0 Å². The summed E-state index contributed by atoms with van der Waals surface area (Å²) >= 11 is 0. The molecule has 0 saturated heterocycles. The van der Waals surface area contributed by atoms with Gasteiger partial charge in [-0.25, -0.2) is 0 Å². The van der Waals surface area contributed by atoms with Crippen LogP contribution in [0.2, 0.25) is 0 Å². The maximum Gasteiger partial charge on any atom is 0.230 e. The van der Waals surface area contributed by atoms with Crippen LogP contribution < -0.4 is 4.90 Å². The Labute approximate surface area is 179 Å². The van der Waals surface area contributed by atoms with Gasteiger partial charge in [0.25, 0.3) is 0 Å². The number of rotatable bonds is 4. The van der Waals surface area contributed by atoms with Gasteiger partial charge in [0, 0.05) is 17.0 Å². The number of nitrogens with zero attached hydrogens (tertiary/aromatic N) is 1. The van der Waals surface area contributed by atoms with Crippen molar-refractivity contribution in [2.24, 2.45) is 5.92 Å². The number of anilines is 1. The van der Waals surface area contributed by atoms with Gasteiger partial charge in [-0.1, -0.05) is 91.8 Å². The van der Waals surface area contributed by atoms with Gasteiger partial charge in [0.05, 0.1) is 12.2 Å². The van der Waals surface area contributed by atoms with E-state index in [0.717, 1.165) is 48.1 Å². The van der Waals surface area contributed by atoms with Crippen molar-refractivity contribution in [2.45, 2.75) is 38.6 Å². The van der Waals surface area contributed by atoms with E-state index in [2.05, 4.69) is 24.0 Å². The van der Waals surface area contributed by atoms with E-state index < -0.39 is 0 Å². The van der Waals surface area contributed by atoms with Crippen molar-refractivity contribution >= 4 is 11.6 Å². The Morgan fingerprint density at radius 2 is 1.40 bits per heavy atom. The first-order valence-corrected chi connectivity index (χ1v) is 10.8. The van der Waals surface area contributed by atoms with Crippen LogP contribution in [0.5, 0.6) is 0 Å². The molecule has 0 aliphatic heterocycles. The van der Waals surface area contributed by atoms with E-state index in [9.17, 15) is 4.79 Å². The highest BCUT2D eigenvalue weighted by atomic mass is 16.2. The largest absolute Gasteiger partial charge is 0.307 e. The van der Waals surface area contributed by atoms with Gasteiger partial charge in [0.15, 0.2) is 0 Å². The Balaban J connectivity index is 1.70. The quantitative estimate of drug-likeness (QED) is 0.483. The van der Waals surface area contributed by atoms with Crippen molar-refractivity contribution in [1.29, 1.82) is 0 Å². The summed E-state index contributed by atoms with van der Waals surface area (Å²) in [5, 5.41) is 0. The summed E-state index contributed by atoms with van der Waals surface area (Å²) < 4.78 is 0. The Hall–Kier alpha value is -3.31. The number of hydrogen-bond acceptors (Lipinski definition) is 1. The van der Waals surface area contributed by atoms with Crippen LogP contribution in [-0.4, -0.2) is 5.91 Å². The van der Waals surface area contributed by atoms with Crippen LogP contribution in [0.1, 0.15) is 48.8 Å². The maximum atomic E-state index is 13.6. The molecular formula is C28H27NO. The molecule has 3 aromatic rings. The fourth-order valence-corrected chi connectivity index (χ4v) is 4.09. The van der Waals surface area contributed by atoms with Gasteiger partial charge in [-0.05, 0) is 42.7 Å². The lowest BCUT2D eigenvalue weighted by molar-refractivity contribution is -0.123. The van der Waals surface area contributed by atoms with E-state index in [4.69, 9.17) is 0 Å². The molecule has 1 amide bonds. The second-order valence-corrected chi connectivity index (χ2v) is 7.88. The topological polar surface area (TPSA) is 20.3 Å². The van der Waals surface area contributed by atoms with Crippen LogP contribution in [-0.2, 0) is 11.3 Å². The van der Waals surface area contributed by atoms with E-state index >= 15 is 0 Å². The molecule has 1 aliphatic carbocycles. The highest BCUT2D eigenvalue weighted by molar-refractivity contribution is 5.96. The molecule has 0 N–H and O–H groups in total. The number of amides is 1. The van der Waals surface area contributed by atoms with Crippen LogP contribution in [0.3, 0.4) is 0 Å². The van der Waals surface area contributed by atoms with Gasteiger partial charge in [-0.2, -0.15) is 0 Å². The first-order chi connectivity index (χ1) is 14.8. The van der Waals surface area contributed by atoms with E-state index in [1.807, 2.05) is 77.7 Å². The second kappa shape index (κ2) is 9.94. The summed E-state index contributed by atoms with van der Waals surface area (Å²) in [5.74, 6) is 6.90. The molecule has 3 aromatic carbocycles. The first kappa shape index (κ1) is 20.0.